The van der Waals surface area contributed by atoms with Gasteiger partial charge in [-0.05, 0) is 50.9 Å². The summed E-state index contributed by atoms with van der Waals surface area (Å²) < 4.78 is 0. The van der Waals surface area contributed by atoms with Gasteiger partial charge in [-0.1, -0.05) is 6.07 Å². The second kappa shape index (κ2) is 7.61. The van der Waals surface area contributed by atoms with Crippen molar-refractivity contribution in [1.29, 1.82) is 0 Å². The lowest BCUT2D eigenvalue weighted by Gasteiger charge is -2.32. The van der Waals surface area contributed by atoms with Crippen LogP contribution in [0.25, 0.3) is 0 Å². The van der Waals surface area contributed by atoms with E-state index in [2.05, 4.69) is 16.0 Å². The fourth-order valence-corrected chi connectivity index (χ4v) is 2.67. The summed E-state index contributed by atoms with van der Waals surface area (Å²) >= 11 is 0. The number of piperidine rings is 1. The van der Waals surface area contributed by atoms with Crippen LogP contribution < -0.4 is 16.0 Å². The average molecular weight is 326 g/mol. The highest BCUT2D eigenvalue weighted by atomic mass is 35.5. The van der Waals surface area contributed by atoms with Crippen LogP contribution in [0.5, 0.6) is 0 Å². The van der Waals surface area contributed by atoms with Crippen molar-refractivity contribution in [3.63, 3.8) is 0 Å². The first kappa shape index (κ1) is 18.5. The molecule has 0 aromatic heterocycles. The Kier molecular flexibility index (Phi) is 6.38. The molecule has 1 unspecified atom stereocenters. The van der Waals surface area contributed by atoms with Crippen LogP contribution in [0, 0.1) is 12.3 Å². The van der Waals surface area contributed by atoms with Crippen LogP contribution in [0.1, 0.15) is 35.7 Å². The Hall–Kier alpha value is -1.59. The topological polar surface area (TPSA) is 70.2 Å². The number of nitrogens with one attached hydrogen (secondary N) is 3. The predicted molar refractivity (Wildman–Crippen MR) is 90.7 cm³/mol. The number of anilines is 1. The van der Waals surface area contributed by atoms with Crippen molar-refractivity contribution >= 4 is 29.9 Å². The van der Waals surface area contributed by atoms with Gasteiger partial charge in [0.25, 0.3) is 5.91 Å². The zero-order valence-electron chi connectivity index (χ0n) is 13.3. The average Bonchev–Trinajstić information content (AvgIpc) is 2.49. The van der Waals surface area contributed by atoms with Crippen LogP contribution in [0.2, 0.25) is 0 Å². The molecule has 2 amide bonds. The molecule has 6 heteroatoms. The third-order valence-corrected chi connectivity index (χ3v) is 4.20. The molecule has 1 aromatic carbocycles. The first-order valence-electron chi connectivity index (χ1n) is 7.32. The van der Waals surface area contributed by atoms with Crippen LogP contribution in [-0.4, -0.2) is 32.0 Å². The molecule has 0 aliphatic carbocycles. The van der Waals surface area contributed by atoms with E-state index in [1.54, 1.807) is 19.2 Å². The molecule has 0 bridgehead atoms. The van der Waals surface area contributed by atoms with Crippen molar-refractivity contribution in [2.45, 2.75) is 26.7 Å². The van der Waals surface area contributed by atoms with Crippen molar-refractivity contribution in [2.75, 3.05) is 25.5 Å². The Balaban J connectivity index is 0.00000242. The smallest absolute Gasteiger partial charge is 0.251 e. The molecular weight excluding hydrogens is 302 g/mol. The number of carbonyl (C=O) groups excluding carboxylic acids is 2. The number of amides is 2. The van der Waals surface area contributed by atoms with Gasteiger partial charge in [0.15, 0.2) is 0 Å². The lowest BCUT2D eigenvalue weighted by Crippen LogP contribution is -2.46. The van der Waals surface area contributed by atoms with Crippen molar-refractivity contribution < 1.29 is 9.59 Å². The summed E-state index contributed by atoms with van der Waals surface area (Å²) in [5.41, 5.74) is 1.68. The number of halogens is 1. The van der Waals surface area contributed by atoms with E-state index in [4.69, 9.17) is 0 Å². The highest BCUT2D eigenvalue weighted by Gasteiger charge is 2.34. The highest BCUT2D eigenvalue weighted by Crippen LogP contribution is 2.28. The minimum atomic E-state index is -0.395. The number of hydrogen-bond donors (Lipinski definition) is 3. The normalized spacial score (nSPS) is 20.7. The van der Waals surface area contributed by atoms with Gasteiger partial charge in [-0.3, -0.25) is 9.59 Å². The molecule has 0 spiro atoms. The van der Waals surface area contributed by atoms with Crippen LogP contribution in [0.3, 0.4) is 0 Å². The molecule has 1 saturated heterocycles. The SMILES string of the molecule is CNC(=O)c1cccc(NC(=O)C2(C)CCCNC2)c1C.Cl. The van der Waals surface area contributed by atoms with E-state index >= 15 is 0 Å². The van der Waals surface area contributed by atoms with Crippen molar-refractivity contribution in [3.05, 3.63) is 29.3 Å². The number of benzene rings is 1. The number of rotatable bonds is 3. The standard InChI is InChI=1S/C16H23N3O2.ClH/c1-11-12(14(20)17-3)6-4-7-13(11)19-15(21)16(2)8-5-9-18-10-16;/h4,6-7,18H,5,8-10H2,1-3H3,(H,17,20)(H,19,21);1H. The summed E-state index contributed by atoms with van der Waals surface area (Å²) in [5, 5.41) is 8.86. The van der Waals surface area contributed by atoms with Crippen molar-refractivity contribution in [3.8, 4) is 0 Å². The molecule has 3 N–H and O–H groups in total. The van der Waals surface area contributed by atoms with Gasteiger partial charge in [-0.25, -0.2) is 0 Å². The zero-order chi connectivity index (χ0) is 15.5. The Morgan fingerprint density at radius 1 is 1.32 bits per heavy atom. The molecule has 5 nitrogen and oxygen atoms in total. The first-order chi connectivity index (χ1) is 9.98. The molecule has 122 valence electrons. The fraction of sp³-hybridized carbons (Fsp3) is 0.500. The highest BCUT2D eigenvalue weighted by molar-refractivity contribution is 6.00. The second-order valence-corrected chi connectivity index (χ2v) is 5.85. The van der Waals surface area contributed by atoms with E-state index in [-0.39, 0.29) is 24.2 Å². The predicted octanol–water partition coefficient (Wildman–Crippen LogP) is 2.10. The second-order valence-electron chi connectivity index (χ2n) is 5.85. The van der Waals surface area contributed by atoms with E-state index in [1.807, 2.05) is 19.9 Å². The fourth-order valence-electron chi connectivity index (χ4n) is 2.67. The Bertz CT molecular complexity index is 554. The third kappa shape index (κ3) is 3.78. The monoisotopic (exact) mass is 325 g/mol. The number of hydrogen-bond acceptors (Lipinski definition) is 3. The summed E-state index contributed by atoms with van der Waals surface area (Å²) in [6.07, 6.45) is 1.88. The Labute approximate surface area is 137 Å². The quantitative estimate of drug-likeness (QED) is 0.797. The van der Waals surface area contributed by atoms with E-state index in [0.717, 1.165) is 24.9 Å². The molecular formula is C16H24ClN3O2. The van der Waals surface area contributed by atoms with Gasteiger partial charge in [0.1, 0.15) is 0 Å². The molecule has 1 fully saturated rings. The van der Waals surface area contributed by atoms with Gasteiger partial charge < -0.3 is 16.0 Å². The largest absolute Gasteiger partial charge is 0.355 e. The van der Waals surface area contributed by atoms with Gasteiger partial charge in [0.05, 0.1) is 5.41 Å². The van der Waals surface area contributed by atoms with Gasteiger partial charge >= 0.3 is 0 Å². The van der Waals surface area contributed by atoms with Crippen molar-refractivity contribution in [1.82, 2.24) is 10.6 Å². The zero-order valence-corrected chi connectivity index (χ0v) is 14.1. The van der Waals surface area contributed by atoms with Crippen LogP contribution in [0.4, 0.5) is 5.69 Å². The van der Waals surface area contributed by atoms with Crippen LogP contribution in [-0.2, 0) is 4.79 Å². The molecule has 0 saturated carbocycles. The molecule has 1 aromatic rings. The van der Waals surface area contributed by atoms with Gasteiger partial charge in [-0.15, -0.1) is 12.4 Å². The molecule has 1 atom stereocenters. The Morgan fingerprint density at radius 2 is 2.05 bits per heavy atom. The summed E-state index contributed by atoms with van der Waals surface area (Å²) in [5.74, 6) is -0.138. The molecule has 1 heterocycles. The van der Waals surface area contributed by atoms with E-state index in [0.29, 0.717) is 17.8 Å². The molecule has 22 heavy (non-hydrogen) atoms. The van der Waals surface area contributed by atoms with Crippen LogP contribution >= 0.6 is 12.4 Å². The number of carbonyl (C=O) groups is 2. The third-order valence-electron chi connectivity index (χ3n) is 4.20. The van der Waals surface area contributed by atoms with Gasteiger partial charge in [0.2, 0.25) is 5.91 Å². The van der Waals surface area contributed by atoms with Crippen molar-refractivity contribution in [2.24, 2.45) is 5.41 Å². The molecule has 1 aliphatic heterocycles. The maximum absolute atomic E-state index is 12.5. The maximum Gasteiger partial charge on any atom is 0.251 e. The minimum Gasteiger partial charge on any atom is -0.355 e. The van der Waals surface area contributed by atoms with Gasteiger partial charge in [0, 0.05) is 24.8 Å². The van der Waals surface area contributed by atoms with E-state index in [9.17, 15) is 9.59 Å². The first-order valence-corrected chi connectivity index (χ1v) is 7.32. The summed E-state index contributed by atoms with van der Waals surface area (Å²) in [6, 6.07) is 5.38. The van der Waals surface area contributed by atoms with Crippen LogP contribution in [0.15, 0.2) is 18.2 Å². The Morgan fingerprint density at radius 3 is 2.64 bits per heavy atom. The maximum atomic E-state index is 12.5. The molecule has 2 rings (SSSR count). The summed E-state index contributed by atoms with van der Waals surface area (Å²) in [6.45, 7) is 5.48. The van der Waals surface area contributed by atoms with Gasteiger partial charge in [-0.2, -0.15) is 0 Å². The summed E-state index contributed by atoms with van der Waals surface area (Å²) in [4.78, 5) is 24.3. The molecule has 0 radical (unpaired) electrons. The lowest BCUT2D eigenvalue weighted by atomic mass is 9.82. The molecule has 1 aliphatic rings. The van der Waals surface area contributed by atoms with E-state index in [1.165, 1.54) is 0 Å². The lowest BCUT2D eigenvalue weighted by molar-refractivity contribution is -0.125. The minimum absolute atomic E-state index is 0. The van der Waals surface area contributed by atoms with E-state index < -0.39 is 5.41 Å². The summed E-state index contributed by atoms with van der Waals surface area (Å²) in [7, 11) is 1.60.